The number of carbonyl (C=O) groups is 1. The zero-order valence-corrected chi connectivity index (χ0v) is 11.7. The molecule has 0 aliphatic heterocycles. The number of aryl methyl sites for hydroxylation is 1. The molecule has 18 heavy (non-hydrogen) atoms. The van der Waals surface area contributed by atoms with Gasteiger partial charge < -0.3 is 5.32 Å². The predicted octanol–water partition coefficient (Wildman–Crippen LogP) is 3.66. The Kier molecular flexibility index (Phi) is 4.16. The van der Waals surface area contributed by atoms with E-state index in [-0.39, 0.29) is 16.3 Å². The van der Waals surface area contributed by atoms with Crippen molar-refractivity contribution in [3.8, 4) is 0 Å². The number of carbonyl (C=O) groups excluding carboxylic acids is 1. The first-order valence-electron chi connectivity index (χ1n) is 5.18. The summed E-state index contributed by atoms with van der Waals surface area (Å²) in [6.45, 7) is 2.00. The van der Waals surface area contributed by atoms with Crippen LogP contribution in [0.15, 0.2) is 17.5 Å². The largest absolute Gasteiger partial charge is 0.306 e. The number of amides is 1. The van der Waals surface area contributed by atoms with Crippen LogP contribution in [0.25, 0.3) is 0 Å². The molecule has 0 fully saturated rings. The standard InChI is InChI=1S/C11H9Cl2N3OS/c1-2-6-3-4-18-9(6)10(17)15-8-5-7(12)14-11(13)16-8/h3-5H,2H2,1H3,(H,14,15,16,17). The minimum atomic E-state index is -0.215. The van der Waals surface area contributed by atoms with Gasteiger partial charge in [-0.3, -0.25) is 4.79 Å². The fourth-order valence-corrected chi connectivity index (χ4v) is 2.74. The minimum absolute atomic E-state index is 0.000283. The summed E-state index contributed by atoms with van der Waals surface area (Å²) in [7, 11) is 0. The summed E-state index contributed by atoms with van der Waals surface area (Å²) in [4.78, 5) is 20.3. The van der Waals surface area contributed by atoms with E-state index < -0.39 is 0 Å². The average molecular weight is 302 g/mol. The van der Waals surface area contributed by atoms with Gasteiger partial charge in [0.2, 0.25) is 5.28 Å². The lowest BCUT2D eigenvalue weighted by molar-refractivity contribution is 0.102. The van der Waals surface area contributed by atoms with E-state index in [0.29, 0.717) is 10.7 Å². The topological polar surface area (TPSA) is 54.9 Å². The number of thiophene rings is 1. The zero-order valence-electron chi connectivity index (χ0n) is 9.41. The molecule has 7 heteroatoms. The van der Waals surface area contributed by atoms with Crippen LogP contribution in [0.3, 0.4) is 0 Å². The Labute approximate surface area is 118 Å². The van der Waals surface area contributed by atoms with Crippen molar-refractivity contribution < 1.29 is 4.79 Å². The first-order valence-corrected chi connectivity index (χ1v) is 6.81. The van der Waals surface area contributed by atoms with E-state index in [0.717, 1.165) is 12.0 Å². The van der Waals surface area contributed by atoms with Crippen molar-refractivity contribution in [3.63, 3.8) is 0 Å². The summed E-state index contributed by atoms with van der Waals surface area (Å²) in [5, 5.41) is 4.72. The lowest BCUT2D eigenvalue weighted by Gasteiger charge is -2.04. The highest BCUT2D eigenvalue weighted by Crippen LogP contribution is 2.20. The average Bonchev–Trinajstić information content (AvgIpc) is 2.75. The van der Waals surface area contributed by atoms with Crippen LogP contribution in [0.1, 0.15) is 22.2 Å². The molecule has 2 aromatic heterocycles. The van der Waals surface area contributed by atoms with Gasteiger partial charge in [-0.1, -0.05) is 18.5 Å². The Morgan fingerprint density at radius 3 is 2.89 bits per heavy atom. The summed E-state index contributed by atoms with van der Waals surface area (Å²) in [6.07, 6.45) is 0.803. The zero-order chi connectivity index (χ0) is 13.1. The number of aromatic nitrogens is 2. The fourth-order valence-electron chi connectivity index (χ4n) is 1.44. The van der Waals surface area contributed by atoms with Crippen molar-refractivity contribution in [2.24, 2.45) is 0 Å². The molecule has 0 bridgehead atoms. The molecule has 0 aromatic carbocycles. The van der Waals surface area contributed by atoms with E-state index in [9.17, 15) is 4.79 Å². The number of nitrogens with one attached hydrogen (secondary N) is 1. The Hall–Kier alpha value is -1.17. The number of nitrogens with zero attached hydrogens (tertiary/aromatic N) is 2. The molecule has 0 aliphatic carbocycles. The normalized spacial score (nSPS) is 10.4. The number of anilines is 1. The molecule has 1 amide bonds. The van der Waals surface area contributed by atoms with Gasteiger partial charge >= 0.3 is 0 Å². The number of hydrogen-bond acceptors (Lipinski definition) is 4. The SMILES string of the molecule is CCc1ccsc1C(=O)Nc1cc(Cl)nc(Cl)n1. The maximum Gasteiger partial charge on any atom is 0.267 e. The van der Waals surface area contributed by atoms with Gasteiger partial charge in [0.15, 0.2) is 0 Å². The number of rotatable bonds is 3. The van der Waals surface area contributed by atoms with Gasteiger partial charge in [0, 0.05) is 6.07 Å². The molecule has 2 heterocycles. The van der Waals surface area contributed by atoms with Gasteiger partial charge in [0.05, 0.1) is 4.88 Å². The van der Waals surface area contributed by atoms with Crippen LogP contribution >= 0.6 is 34.5 Å². The Balaban J connectivity index is 2.21. The second-order valence-corrected chi connectivity index (χ2v) is 5.07. The van der Waals surface area contributed by atoms with E-state index in [1.165, 1.54) is 17.4 Å². The summed E-state index contributed by atoms with van der Waals surface area (Å²) < 4.78 is 0. The van der Waals surface area contributed by atoms with E-state index in [2.05, 4.69) is 15.3 Å². The number of hydrogen-bond donors (Lipinski definition) is 1. The van der Waals surface area contributed by atoms with Crippen molar-refractivity contribution in [3.05, 3.63) is 38.4 Å². The summed E-state index contributed by atoms with van der Waals surface area (Å²) >= 11 is 12.8. The highest BCUT2D eigenvalue weighted by atomic mass is 35.5. The van der Waals surface area contributed by atoms with Crippen LogP contribution in [0.2, 0.25) is 10.4 Å². The monoisotopic (exact) mass is 301 g/mol. The van der Waals surface area contributed by atoms with Gasteiger partial charge in [0.25, 0.3) is 5.91 Å². The molecule has 2 aromatic rings. The lowest BCUT2D eigenvalue weighted by atomic mass is 10.2. The van der Waals surface area contributed by atoms with Gasteiger partial charge in [-0.25, -0.2) is 9.97 Å². The second kappa shape index (κ2) is 5.65. The Morgan fingerprint density at radius 2 is 2.22 bits per heavy atom. The smallest absolute Gasteiger partial charge is 0.267 e. The highest BCUT2D eigenvalue weighted by Gasteiger charge is 2.13. The van der Waals surface area contributed by atoms with Gasteiger partial charge in [-0.15, -0.1) is 11.3 Å². The molecular weight excluding hydrogens is 293 g/mol. The molecule has 2 rings (SSSR count). The summed E-state index contributed by atoms with van der Waals surface area (Å²) in [5.74, 6) is 0.0770. The molecule has 0 aliphatic rings. The van der Waals surface area contributed by atoms with Crippen molar-refractivity contribution in [2.45, 2.75) is 13.3 Å². The highest BCUT2D eigenvalue weighted by molar-refractivity contribution is 7.12. The second-order valence-electron chi connectivity index (χ2n) is 3.43. The van der Waals surface area contributed by atoms with Crippen LogP contribution < -0.4 is 5.32 Å². The Bertz CT molecular complexity index is 565. The molecular formula is C11H9Cl2N3OS. The summed E-state index contributed by atoms with van der Waals surface area (Å²) in [5.41, 5.74) is 1.00. The van der Waals surface area contributed by atoms with Crippen molar-refractivity contribution >= 4 is 46.3 Å². The first kappa shape index (κ1) is 13.3. The molecule has 0 unspecified atom stereocenters. The molecule has 94 valence electrons. The van der Waals surface area contributed by atoms with E-state index in [1.54, 1.807) is 0 Å². The molecule has 0 saturated heterocycles. The summed E-state index contributed by atoms with van der Waals surface area (Å²) in [6, 6.07) is 3.38. The van der Waals surface area contributed by atoms with E-state index >= 15 is 0 Å². The predicted molar refractivity (Wildman–Crippen MR) is 73.7 cm³/mol. The van der Waals surface area contributed by atoms with Crippen LogP contribution in [-0.2, 0) is 6.42 Å². The molecule has 0 spiro atoms. The third-order valence-electron chi connectivity index (χ3n) is 2.24. The fraction of sp³-hybridized carbons (Fsp3) is 0.182. The third kappa shape index (κ3) is 2.98. The van der Waals surface area contributed by atoms with Crippen molar-refractivity contribution in [1.29, 1.82) is 0 Å². The molecule has 0 radical (unpaired) electrons. The molecule has 0 atom stereocenters. The van der Waals surface area contributed by atoms with Gasteiger partial charge in [0.1, 0.15) is 11.0 Å². The maximum atomic E-state index is 12.0. The lowest BCUT2D eigenvalue weighted by Crippen LogP contribution is -2.13. The molecule has 1 N–H and O–H groups in total. The van der Waals surface area contributed by atoms with Crippen molar-refractivity contribution in [2.75, 3.05) is 5.32 Å². The van der Waals surface area contributed by atoms with Gasteiger partial charge in [-0.2, -0.15) is 0 Å². The Morgan fingerprint density at radius 1 is 1.44 bits per heavy atom. The quantitative estimate of drug-likeness (QED) is 0.695. The first-order chi connectivity index (χ1) is 8.60. The van der Waals surface area contributed by atoms with Crippen LogP contribution in [0, 0.1) is 0 Å². The molecule has 4 nitrogen and oxygen atoms in total. The van der Waals surface area contributed by atoms with Gasteiger partial charge in [-0.05, 0) is 35.0 Å². The molecule has 0 saturated carbocycles. The van der Waals surface area contributed by atoms with Crippen LogP contribution in [0.5, 0.6) is 0 Å². The number of halogens is 2. The third-order valence-corrected chi connectivity index (χ3v) is 3.56. The van der Waals surface area contributed by atoms with Crippen LogP contribution in [0.4, 0.5) is 5.82 Å². The van der Waals surface area contributed by atoms with Crippen LogP contribution in [-0.4, -0.2) is 15.9 Å². The van der Waals surface area contributed by atoms with E-state index in [4.69, 9.17) is 23.2 Å². The maximum absolute atomic E-state index is 12.0. The van der Waals surface area contributed by atoms with E-state index in [1.807, 2.05) is 18.4 Å². The minimum Gasteiger partial charge on any atom is -0.306 e. The van der Waals surface area contributed by atoms with Crippen molar-refractivity contribution in [1.82, 2.24) is 9.97 Å².